The highest BCUT2D eigenvalue weighted by atomic mass is 32.2. The van der Waals surface area contributed by atoms with Gasteiger partial charge in [0.1, 0.15) is 5.69 Å². The van der Waals surface area contributed by atoms with Gasteiger partial charge in [-0.15, -0.1) is 0 Å². The van der Waals surface area contributed by atoms with Crippen molar-refractivity contribution in [2.24, 2.45) is 0 Å². The Morgan fingerprint density at radius 1 is 0.963 bits per heavy atom. The summed E-state index contributed by atoms with van der Waals surface area (Å²) in [5.74, 6) is -0.387. The largest absolute Gasteiger partial charge is 0.287 e. The van der Waals surface area contributed by atoms with Crippen LogP contribution in [0.15, 0.2) is 59.8 Å². The quantitative estimate of drug-likeness (QED) is 0.684. The summed E-state index contributed by atoms with van der Waals surface area (Å²) in [6, 6.07) is 11.4. The molecule has 0 spiro atoms. The molecule has 2 aromatic heterocycles. The summed E-state index contributed by atoms with van der Waals surface area (Å²) in [6.07, 6.45) is 3.12. The van der Waals surface area contributed by atoms with E-state index in [-0.39, 0.29) is 22.1 Å². The van der Waals surface area contributed by atoms with E-state index in [0.29, 0.717) is 11.3 Å². The molecule has 0 atom stereocenters. The van der Waals surface area contributed by atoms with E-state index in [1.807, 2.05) is 6.92 Å². The Hall–Kier alpha value is -3.06. The normalized spacial score (nSPS) is 11.2. The highest BCUT2D eigenvalue weighted by Gasteiger charge is 2.22. The summed E-state index contributed by atoms with van der Waals surface area (Å²) in [4.78, 5) is 21.3. The van der Waals surface area contributed by atoms with Crippen LogP contribution in [0.4, 0.5) is 5.69 Å². The minimum Gasteiger partial charge on any atom is -0.287 e. The van der Waals surface area contributed by atoms with Crippen LogP contribution in [0.5, 0.6) is 0 Å². The molecule has 0 amide bonds. The van der Waals surface area contributed by atoms with E-state index >= 15 is 0 Å². The van der Waals surface area contributed by atoms with Gasteiger partial charge in [-0.05, 0) is 56.7 Å². The van der Waals surface area contributed by atoms with E-state index in [2.05, 4.69) is 14.7 Å². The smallest absolute Gasteiger partial charge is 0.261 e. The van der Waals surface area contributed by atoms with Crippen molar-refractivity contribution in [3.63, 3.8) is 0 Å². The Bertz CT molecular complexity index is 1110. The third-order valence-corrected chi connectivity index (χ3v) is 5.45. The average molecular weight is 381 g/mol. The molecule has 6 nitrogen and oxygen atoms in total. The molecule has 0 aliphatic rings. The van der Waals surface area contributed by atoms with Gasteiger partial charge >= 0.3 is 0 Å². The van der Waals surface area contributed by atoms with E-state index in [9.17, 15) is 13.2 Å². The molecule has 0 fully saturated rings. The first-order chi connectivity index (χ1) is 12.8. The molecule has 0 aliphatic heterocycles. The lowest BCUT2D eigenvalue weighted by molar-refractivity contribution is 0.103. The zero-order valence-corrected chi connectivity index (χ0v) is 16.0. The predicted molar refractivity (Wildman–Crippen MR) is 103 cm³/mol. The van der Waals surface area contributed by atoms with Crippen molar-refractivity contribution < 1.29 is 13.2 Å². The molecule has 0 radical (unpaired) electrons. The molecule has 2 heterocycles. The highest BCUT2D eigenvalue weighted by Crippen LogP contribution is 2.23. The second-order valence-electron chi connectivity index (χ2n) is 6.29. The fourth-order valence-electron chi connectivity index (χ4n) is 2.60. The maximum absolute atomic E-state index is 12.9. The zero-order chi connectivity index (χ0) is 19.6. The lowest BCUT2D eigenvalue weighted by atomic mass is 10.0. The molecule has 138 valence electrons. The molecule has 1 aromatic carbocycles. The molecule has 0 saturated heterocycles. The van der Waals surface area contributed by atoms with E-state index in [1.165, 1.54) is 18.3 Å². The summed E-state index contributed by atoms with van der Waals surface area (Å²) < 4.78 is 28.0. The number of aromatic nitrogens is 2. The molecule has 1 N–H and O–H groups in total. The Kier molecular flexibility index (Phi) is 5.05. The third-order valence-electron chi connectivity index (χ3n) is 4.07. The van der Waals surface area contributed by atoms with Gasteiger partial charge in [0.2, 0.25) is 5.78 Å². The van der Waals surface area contributed by atoms with Gasteiger partial charge in [0.25, 0.3) is 10.0 Å². The molecule has 0 unspecified atom stereocenters. The number of hydrogen-bond donors (Lipinski definition) is 1. The second-order valence-corrected chi connectivity index (χ2v) is 7.98. The standard InChI is InChI=1S/C20H19N3O3S/c1-13-6-8-16(9-7-13)27(25,26)23-18-11-14(2)12-22-19(18)20(24)17-5-4-10-21-15(17)3/h4-12,23H,1-3H3. The molecule has 3 rings (SSSR count). The van der Waals surface area contributed by atoms with Crippen LogP contribution in [-0.2, 0) is 10.0 Å². The first kappa shape index (κ1) is 18.7. The van der Waals surface area contributed by atoms with Crippen molar-refractivity contribution in [2.75, 3.05) is 4.72 Å². The molecule has 0 aliphatic carbocycles. The van der Waals surface area contributed by atoms with Gasteiger partial charge in [-0.2, -0.15) is 0 Å². The highest BCUT2D eigenvalue weighted by molar-refractivity contribution is 7.92. The number of aryl methyl sites for hydroxylation is 3. The van der Waals surface area contributed by atoms with Crippen molar-refractivity contribution in [3.05, 3.63) is 82.9 Å². The molecule has 3 aromatic rings. The number of carbonyl (C=O) groups is 1. The average Bonchev–Trinajstić information content (AvgIpc) is 2.62. The third kappa shape index (κ3) is 4.03. The molecule has 7 heteroatoms. The topological polar surface area (TPSA) is 89.0 Å². The number of nitrogens with zero attached hydrogens (tertiary/aromatic N) is 2. The number of nitrogens with one attached hydrogen (secondary N) is 1. The van der Waals surface area contributed by atoms with Crippen LogP contribution in [0.3, 0.4) is 0 Å². The van der Waals surface area contributed by atoms with Crippen molar-refractivity contribution in [3.8, 4) is 0 Å². The second kappa shape index (κ2) is 7.28. The summed E-state index contributed by atoms with van der Waals surface area (Å²) in [5, 5.41) is 0. The Morgan fingerprint density at radius 2 is 1.67 bits per heavy atom. The number of pyridine rings is 2. The molecule has 0 saturated carbocycles. The Labute approximate surface area is 158 Å². The van der Waals surface area contributed by atoms with E-state index < -0.39 is 10.0 Å². The minimum atomic E-state index is -3.85. The number of ketones is 1. The zero-order valence-electron chi connectivity index (χ0n) is 15.2. The van der Waals surface area contributed by atoms with Crippen LogP contribution in [-0.4, -0.2) is 24.2 Å². The van der Waals surface area contributed by atoms with Gasteiger partial charge in [0.15, 0.2) is 0 Å². The summed E-state index contributed by atoms with van der Waals surface area (Å²) in [7, 11) is -3.85. The molecule has 27 heavy (non-hydrogen) atoms. The Morgan fingerprint density at radius 3 is 2.33 bits per heavy atom. The van der Waals surface area contributed by atoms with Crippen molar-refractivity contribution >= 4 is 21.5 Å². The first-order valence-electron chi connectivity index (χ1n) is 8.30. The fraction of sp³-hybridized carbons (Fsp3) is 0.150. The molecular weight excluding hydrogens is 362 g/mol. The molecular formula is C20H19N3O3S. The van der Waals surface area contributed by atoms with Crippen molar-refractivity contribution in [2.45, 2.75) is 25.7 Å². The monoisotopic (exact) mass is 381 g/mol. The van der Waals surface area contributed by atoms with E-state index in [0.717, 1.165) is 11.1 Å². The van der Waals surface area contributed by atoms with Gasteiger partial charge in [0, 0.05) is 23.7 Å². The summed E-state index contributed by atoms with van der Waals surface area (Å²) in [5.41, 5.74) is 2.79. The van der Waals surface area contributed by atoms with Crippen LogP contribution < -0.4 is 4.72 Å². The van der Waals surface area contributed by atoms with Gasteiger partial charge < -0.3 is 0 Å². The lowest BCUT2D eigenvalue weighted by Crippen LogP contribution is -2.17. The SMILES string of the molecule is Cc1ccc(S(=O)(=O)Nc2cc(C)cnc2C(=O)c2cccnc2C)cc1. The minimum absolute atomic E-state index is 0.0346. The van der Waals surface area contributed by atoms with Crippen molar-refractivity contribution in [1.29, 1.82) is 0 Å². The maximum Gasteiger partial charge on any atom is 0.261 e. The first-order valence-corrected chi connectivity index (χ1v) is 9.79. The van der Waals surface area contributed by atoms with Crippen LogP contribution in [0.1, 0.15) is 32.9 Å². The van der Waals surface area contributed by atoms with Crippen molar-refractivity contribution in [1.82, 2.24) is 9.97 Å². The summed E-state index contributed by atoms with van der Waals surface area (Å²) >= 11 is 0. The lowest BCUT2D eigenvalue weighted by Gasteiger charge is -2.13. The van der Waals surface area contributed by atoms with E-state index in [1.54, 1.807) is 50.4 Å². The van der Waals surface area contributed by atoms with E-state index in [4.69, 9.17) is 0 Å². The predicted octanol–water partition coefficient (Wildman–Crippen LogP) is 3.43. The van der Waals surface area contributed by atoms with Gasteiger partial charge in [0.05, 0.1) is 10.6 Å². The number of anilines is 1. The Balaban J connectivity index is 2.04. The van der Waals surface area contributed by atoms with Crippen LogP contribution in [0.2, 0.25) is 0 Å². The van der Waals surface area contributed by atoms with Gasteiger partial charge in [-0.1, -0.05) is 17.7 Å². The van der Waals surface area contributed by atoms with Crippen LogP contribution in [0, 0.1) is 20.8 Å². The number of rotatable bonds is 5. The number of carbonyl (C=O) groups excluding carboxylic acids is 1. The van der Waals surface area contributed by atoms with Gasteiger partial charge in [-0.3, -0.25) is 19.5 Å². The maximum atomic E-state index is 12.9. The summed E-state index contributed by atoms with van der Waals surface area (Å²) in [6.45, 7) is 5.37. The van der Waals surface area contributed by atoms with Crippen LogP contribution >= 0.6 is 0 Å². The molecule has 0 bridgehead atoms. The number of benzene rings is 1. The number of hydrogen-bond acceptors (Lipinski definition) is 5. The number of sulfonamides is 1. The fourth-order valence-corrected chi connectivity index (χ4v) is 3.66. The van der Waals surface area contributed by atoms with Crippen LogP contribution in [0.25, 0.3) is 0 Å². The van der Waals surface area contributed by atoms with Gasteiger partial charge in [-0.25, -0.2) is 8.42 Å².